The van der Waals surface area contributed by atoms with Crippen molar-refractivity contribution in [3.8, 4) is 11.1 Å². The van der Waals surface area contributed by atoms with Gasteiger partial charge in [0.25, 0.3) is 11.8 Å². The van der Waals surface area contributed by atoms with Crippen molar-refractivity contribution in [1.29, 1.82) is 0 Å². The molecule has 4 heteroatoms. The highest BCUT2D eigenvalue weighted by molar-refractivity contribution is 6.28. The van der Waals surface area contributed by atoms with Gasteiger partial charge in [-0.3, -0.25) is 14.5 Å². The summed E-state index contributed by atoms with van der Waals surface area (Å²) in [6, 6.07) is 18.8. The molecule has 1 aliphatic carbocycles. The Morgan fingerprint density at radius 1 is 0.818 bits per heavy atom. The van der Waals surface area contributed by atoms with Crippen LogP contribution in [0.25, 0.3) is 32.7 Å². The fourth-order valence-electron chi connectivity index (χ4n) is 5.92. The largest absolute Gasteiger partial charge is 0.277 e. The standard InChI is InChI=1S/C29H24BNO2/c1-4-6-24(30)18-11-9-16-15(2)17-10-13-22-27-23(29(33)31(3)28(22)32)14-12-21(26(17)27)20-8-5-7-19(18)25(16)20/h5,7-15,24H,4,6H2,1-3H3. The van der Waals surface area contributed by atoms with Gasteiger partial charge in [-0.25, -0.2) is 0 Å². The van der Waals surface area contributed by atoms with Crippen molar-refractivity contribution < 1.29 is 9.59 Å². The second-order valence-corrected chi connectivity index (χ2v) is 9.37. The van der Waals surface area contributed by atoms with Gasteiger partial charge in [-0.05, 0) is 56.1 Å². The van der Waals surface area contributed by atoms with Crippen molar-refractivity contribution in [2.75, 3.05) is 7.05 Å². The minimum absolute atomic E-state index is 0.00870. The third-order valence-corrected chi connectivity index (χ3v) is 7.59. The van der Waals surface area contributed by atoms with Crippen LogP contribution in [0.4, 0.5) is 0 Å². The maximum Gasteiger partial charge on any atom is 0.261 e. The number of fused-ring (bicyclic) bond motifs is 1. The van der Waals surface area contributed by atoms with Crippen LogP contribution >= 0.6 is 0 Å². The monoisotopic (exact) mass is 429 g/mol. The number of hydrogen-bond acceptors (Lipinski definition) is 2. The molecule has 1 aliphatic heterocycles. The Morgan fingerprint density at radius 2 is 1.42 bits per heavy atom. The van der Waals surface area contributed by atoms with Crippen LogP contribution in [0.1, 0.15) is 75.8 Å². The van der Waals surface area contributed by atoms with E-state index < -0.39 is 0 Å². The van der Waals surface area contributed by atoms with Crippen molar-refractivity contribution in [2.24, 2.45) is 0 Å². The Morgan fingerprint density at radius 3 is 2.15 bits per heavy atom. The van der Waals surface area contributed by atoms with E-state index in [0.29, 0.717) is 11.1 Å². The van der Waals surface area contributed by atoms with Crippen LogP contribution in [-0.4, -0.2) is 31.6 Å². The van der Waals surface area contributed by atoms with Gasteiger partial charge in [-0.15, -0.1) is 0 Å². The number of benzene rings is 4. The Bertz CT molecular complexity index is 1500. The van der Waals surface area contributed by atoms with Gasteiger partial charge in [0.05, 0.1) is 7.85 Å². The van der Waals surface area contributed by atoms with Crippen molar-refractivity contribution in [1.82, 2.24) is 4.90 Å². The number of carbonyl (C=O) groups excluding carboxylic acids is 2. The normalized spacial score (nSPS) is 17.5. The van der Waals surface area contributed by atoms with Crippen LogP contribution in [-0.2, 0) is 0 Å². The molecule has 4 aromatic carbocycles. The van der Waals surface area contributed by atoms with E-state index in [9.17, 15) is 9.59 Å². The molecule has 2 aliphatic rings. The average Bonchev–Trinajstić information content (AvgIpc) is 2.93. The van der Waals surface area contributed by atoms with Gasteiger partial charge in [0.2, 0.25) is 0 Å². The van der Waals surface area contributed by atoms with Crippen LogP contribution in [0, 0.1) is 0 Å². The van der Waals surface area contributed by atoms with Gasteiger partial charge < -0.3 is 0 Å². The van der Waals surface area contributed by atoms with Gasteiger partial charge in [-0.2, -0.15) is 0 Å². The van der Waals surface area contributed by atoms with E-state index in [1.807, 2.05) is 12.1 Å². The van der Waals surface area contributed by atoms with Crippen molar-refractivity contribution in [3.05, 3.63) is 82.4 Å². The second-order valence-electron chi connectivity index (χ2n) is 9.37. The summed E-state index contributed by atoms with van der Waals surface area (Å²) in [6.45, 7) is 4.38. The molecule has 0 bridgehead atoms. The van der Waals surface area contributed by atoms with Crippen molar-refractivity contribution in [3.63, 3.8) is 0 Å². The lowest BCUT2D eigenvalue weighted by Crippen LogP contribution is -2.37. The van der Waals surface area contributed by atoms with E-state index in [4.69, 9.17) is 7.85 Å². The number of hydrogen-bond donors (Lipinski definition) is 0. The molecule has 0 aromatic heterocycles. The zero-order chi connectivity index (χ0) is 23.0. The molecule has 3 nitrogen and oxygen atoms in total. The summed E-state index contributed by atoms with van der Waals surface area (Å²) in [5.74, 6) is -0.376. The molecule has 0 N–H and O–H groups in total. The molecule has 0 spiro atoms. The van der Waals surface area contributed by atoms with Crippen LogP contribution in [0.2, 0.25) is 0 Å². The molecule has 0 fully saturated rings. The Balaban J connectivity index is 1.76. The first-order valence-electron chi connectivity index (χ1n) is 11.7. The lowest BCUT2D eigenvalue weighted by atomic mass is 9.75. The lowest BCUT2D eigenvalue weighted by Gasteiger charge is -2.26. The number of amides is 2. The summed E-state index contributed by atoms with van der Waals surface area (Å²) in [4.78, 5) is 27.2. The van der Waals surface area contributed by atoms with E-state index in [2.05, 4.69) is 56.3 Å². The van der Waals surface area contributed by atoms with E-state index in [1.54, 1.807) is 7.05 Å². The first kappa shape index (κ1) is 20.2. The predicted molar refractivity (Wildman–Crippen MR) is 134 cm³/mol. The number of nitrogens with zero attached hydrogens (tertiary/aromatic N) is 1. The minimum atomic E-state index is -0.239. The molecule has 1 heterocycles. The van der Waals surface area contributed by atoms with Crippen LogP contribution in [0.5, 0.6) is 0 Å². The van der Waals surface area contributed by atoms with E-state index >= 15 is 0 Å². The third-order valence-electron chi connectivity index (χ3n) is 7.59. The fourth-order valence-corrected chi connectivity index (χ4v) is 5.92. The molecule has 160 valence electrons. The lowest BCUT2D eigenvalue weighted by molar-refractivity contribution is 0.0650. The molecule has 0 saturated heterocycles. The molecular weight excluding hydrogens is 405 g/mol. The second kappa shape index (κ2) is 7.05. The predicted octanol–water partition coefficient (Wildman–Crippen LogP) is 6.36. The van der Waals surface area contributed by atoms with Crippen LogP contribution < -0.4 is 0 Å². The third kappa shape index (κ3) is 2.58. The highest BCUT2D eigenvalue weighted by Gasteiger charge is 2.34. The van der Waals surface area contributed by atoms with Gasteiger partial charge in [0.15, 0.2) is 0 Å². The maximum atomic E-state index is 13.0. The summed E-state index contributed by atoms with van der Waals surface area (Å²) in [6.07, 6.45) is 1.97. The van der Waals surface area contributed by atoms with Gasteiger partial charge in [0.1, 0.15) is 0 Å². The summed E-state index contributed by atoms with van der Waals surface area (Å²) >= 11 is 0. The molecule has 6 rings (SSSR count). The topological polar surface area (TPSA) is 37.4 Å². The maximum absolute atomic E-state index is 13.0. The molecule has 33 heavy (non-hydrogen) atoms. The van der Waals surface area contributed by atoms with E-state index in [1.165, 1.54) is 26.8 Å². The Kier molecular flexibility index (Phi) is 4.32. The van der Waals surface area contributed by atoms with Crippen LogP contribution in [0.15, 0.2) is 54.6 Å². The first-order chi connectivity index (χ1) is 15.9. The SMILES string of the molecule is [B]C(CCC)c1ccc2c3c(cccc13)-c1ccc3c4c(ccc(c14)C2C)C(=O)N(C)C3=O. The summed E-state index contributed by atoms with van der Waals surface area (Å²) < 4.78 is 0. The van der Waals surface area contributed by atoms with Gasteiger partial charge in [-0.1, -0.05) is 75.0 Å². The van der Waals surface area contributed by atoms with Crippen molar-refractivity contribution in [2.45, 2.75) is 38.4 Å². The Hall–Kier alpha value is -3.40. The van der Waals surface area contributed by atoms with Crippen LogP contribution in [0.3, 0.4) is 0 Å². The highest BCUT2D eigenvalue weighted by Crippen LogP contribution is 2.49. The minimum Gasteiger partial charge on any atom is -0.277 e. The summed E-state index contributed by atoms with van der Waals surface area (Å²) in [7, 11) is 8.15. The van der Waals surface area contributed by atoms with E-state index in [0.717, 1.165) is 40.3 Å². The quantitative estimate of drug-likeness (QED) is 0.281. The highest BCUT2D eigenvalue weighted by atomic mass is 16.2. The molecule has 4 aromatic rings. The van der Waals surface area contributed by atoms with E-state index in [-0.39, 0.29) is 23.5 Å². The molecule has 2 amide bonds. The van der Waals surface area contributed by atoms with Crippen molar-refractivity contribution >= 4 is 41.2 Å². The number of imide groups is 1. The molecule has 0 saturated carbocycles. The van der Waals surface area contributed by atoms with Gasteiger partial charge in [0, 0.05) is 29.5 Å². The Labute approximate surface area is 194 Å². The zero-order valence-electron chi connectivity index (χ0n) is 19.1. The summed E-state index contributed by atoms with van der Waals surface area (Å²) in [5.41, 5.74) is 7.00. The molecule has 2 radical (unpaired) electrons. The fraction of sp³-hybridized carbons (Fsp3) is 0.241. The molecule has 2 unspecified atom stereocenters. The zero-order valence-corrected chi connectivity index (χ0v) is 19.1. The smallest absolute Gasteiger partial charge is 0.261 e. The summed E-state index contributed by atoms with van der Waals surface area (Å²) in [5, 5.41) is 4.24. The van der Waals surface area contributed by atoms with Gasteiger partial charge >= 0.3 is 0 Å². The number of rotatable bonds is 3. The first-order valence-corrected chi connectivity index (χ1v) is 11.7. The molecule has 2 atom stereocenters. The molecular formula is C29H24BNO2. The number of carbonyl (C=O) groups is 2. The average molecular weight is 429 g/mol.